The molecule has 4 rings (SSSR count). The van der Waals surface area contributed by atoms with Crippen LogP contribution in [0.3, 0.4) is 0 Å². The van der Waals surface area contributed by atoms with Crippen molar-refractivity contribution >= 4 is 23.6 Å². The summed E-state index contributed by atoms with van der Waals surface area (Å²) in [5.74, 6) is -0.115. The molecule has 6 heteroatoms. The van der Waals surface area contributed by atoms with Crippen LogP contribution in [0.4, 0.5) is 0 Å². The second-order valence-corrected chi connectivity index (χ2v) is 9.15. The second-order valence-electron chi connectivity index (χ2n) is 8.09. The number of benzene rings is 2. The van der Waals surface area contributed by atoms with Gasteiger partial charge in [-0.3, -0.25) is 9.59 Å². The monoisotopic (exact) mass is 445 g/mol. The predicted molar refractivity (Wildman–Crippen MR) is 127 cm³/mol. The molecule has 1 aromatic heterocycles. The van der Waals surface area contributed by atoms with Gasteiger partial charge in [0.25, 0.3) is 11.8 Å². The molecule has 0 saturated carbocycles. The fraction of sp³-hybridized carbons (Fsp3) is 0.269. The normalized spacial score (nSPS) is 13.2. The minimum absolute atomic E-state index is 0.0648. The third kappa shape index (κ3) is 5.19. The summed E-state index contributed by atoms with van der Waals surface area (Å²) in [4.78, 5) is 33.0. The van der Waals surface area contributed by atoms with Crippen molar-refractivity contribution in [1.82, 2.24) is 15.2 Å². The minimum Gasteiger partial charge on any atom is -0.348 e. The zero-order valence-electron chi connectivity index (χ0n) is 18.4. The van der Waals surface area contributed by atoms with E-state index in [1.807, 2.05) is 35.2 Å². The summed E-state index contributed by atoms with van der Waals surface area (Å²) in [7, 11) is 0. The number of hydrogen-bond donors (Lipinski definition) is 1. The molecule has 1 fully saturated rings. The van der Waals surface area contributed by atoms with Gasteiger partial charge in [-0.05, 0) is 79.8 Å². The van der Waals surface area contributed by atoms with E-state index in [4.69, 9.17) is 0 Å². The lowest BCUT2D eigenvalue weighted by Gasteiger charge is -2.16. The van der Waals surface area contributed by atoms with E-state index in [9.17, 15) is 9.59 Å². The van der Waals surface area contributed by atoms with Crippen molar-refractivity contribution in [3.8, 4) is 0 Å². The van der Waals surface area contributed by atoms with Crippen molar-refractivity contribution in [1.29, 1.82) is 0 Å². The van der Waals surface area contributed by atoms with Crippen LogP contribution in [0.2, 0.25) is 0 Å². The molecule has 1 saturated heterocycles. The van der Waals surface area contributed by atoms with Gasteiger partial charge in [-0.1, -0.05) is 30.0 Å². The molecular formula is C26H27N3O2S. The van der Waals surface area contributed by atoms with Crippen LogP contribution in [0.5, 0.6) is 0 Å². The molecule has 0 radical (unpaired) electrons. The molecular weight excluding hydrogens is 418 g/mol. The first kappa shape index (κ1) is 22.1. The standard InChI is InChI=1S/C26H27N3O2S/c1-18-10-11-22(15-19(18)2)32-25-23(9-6-12-27-25)24(30)28-17-20-7-5-8-21(16-20)26(31)29-13-3-4-14-29/h5-12,15-16H,3-4,13-14,17H2,1-2H3,(H,28,30). The third-order valence-corrected chi connectivity index (χ3v) is 6.74. The van der Waals surface area contributed by atoms with E-state index in [2.05, 4.69) is 36.3 Å². The molecule has 5 nitrogen and oxygen atoms in total. The van der Waals surface area contributed by atoms with Crippen molar-refractivity contribution in [3.63, 3.8) is 0 Å². The summed E-state index contributed by atoms with van der Waals surface area (Å²) in [5.41, 5.74) is 4.56. The lowest BCUT2D eigenvalue weighted by Crippen LogP contribution is -2.28. The Hall–Kier alpha value is -3.12. The Morgan fingerprint density at radius 3 is 2.59 bits per heavy atom. The van der Waals surface area contributed by atoms with Gasteiger partial charge in [0.2, 0.25) is 0 Å². The molecule has 32 heavy (non-hydrogen) atoms. The highest BCUT2D eigenvalue weighted by Crippen LogP contribution is 2.30. The number of pyridine rings is 1. The molecule has 3 aromatic rings. The van der Waals surface area contributed by atoms with Crippen LogP contribution in [0, 0.1) is 13.8 Å². The van der Waals surface area contributed by atoms with Crippen LogP contribution in [-0.4, -0.2) is 34.8 Å². The van der Waals surface area contributed by atoms with Crippen molar-refractivity contribution < 1.29 is 9.59 Å². The van der Waals surface area contributed by atoms with Gasteiger partial charge in [0, 0.05) is 36.3 Å². The Kier molecular flexibility index (Phi) is 6.90. The van der Waals surface area contributed by atoms with Crippen molar-refractivity contribution in [2.45, 2.75) is 43.2 Å². The van der Waals surface area contributed by atoms with Crippen molar-refractivity contribution in [3.05, 3.63) is 88.6 Å². The van der Waals surface area contributed by atoms with Crippen LogP contribution >= 0.6 is 11.8 Å². The zero-order chi connectivity index (χ0) is 22.5. The SMILES string of the molecule is Cc1ccc(Sc2ncccc2C(=O)NCc2cccc(C(=O)N3CCCC3)c2)cc1C. The topological polar surface area (TPSA) is 62.3 Å². The third-order valence-electron chi connectivity index (χ3n) is 5.73. The van der Waals surface area contributed by atoms with E-state index in [0.29, 0.717) is 22.7 Å². The summed E-state index contributed by atoms with van der Waals surface area (Å²) in [5, 5.41) is 3.65. The first-order chi connectivity index (χ1) is 15.5. The molecule has 0 bridgehead atoms. The van der Waals surface area contributed by atoms with Crippen molar-refractivity contribution in [2.24, 2.45) is 0 Å². The fourth-order valence-corrected chi connectivity index (χ4v) is 4.71. The number of rotatable bonds is 6. The summed E-state index contributed by atoms with van der Waals surface area (Å²) in [6.07, 6.45) is 3.83. The Labute approximate surface area is 193 Å². The maximum atomic E-state index is 12.9. The van der Waals surface area contributed by atoms with Crippen LogP contribution in [0.25, 0.3) is 0 Å². The molecule has 2 amide bonds. The Morgan fingerprint density at radius 1 is 1.00 bits per heavy atom. The highest BCUT2D eigenvalue weighted by molar-refractivity contribution is 7.99. The van der Waals surface area contributed by atoms with Crippen LogP contribution in [0.1, 0.15) is 50.2 Å². The van der Waals surface area contributed by atoms with E-state index in [1.54, 1.807) is 18.3 Å². The molecule has 1 aliphatic heterocycles. The Balaban J connectivity index is 1.44. The highest BCUT2D eigenvalue weighted by Gasteiger charge is 2.20. The second kappa shape index (κ2) is 10.0. The summed E-state index contributed by atoms with van der Waals surface area (Å²) in [6, 6.07) is 17.3. The number of amides is 2. The lowest BCUT2D eigenvalue weighted by molar-refractivity contribution is 0.0792. The average molecular weight is 446 g/mol. The maximum Gasteiger partial charge on any atom is 0.254 e. The molecule has 2 heterocycles. The Morgan fingerprint density at radius 2 is 1.81 bits per heavy atom. The average Bonchev–Trinajstić information content (AvgIpc) is 3.35. The van der Waals surface area contributed by atoms with Gasteiger partial charge >= 0.3 is 0 Å². The summed E-state index contributed by atoms with van der Waals surface area (Å²) < 4.78 is 0. The van der Waals surface area contributed by atoms with E-state index in [1.165, 1.54) is 22.9 Å². The van der Waals surface area contributed by atoms with E-state index in [-0.39, 0.29) is 11.8 Å². The van der Waals surface area contributed by atoms with E-state index < -0.39 is 0 Å². The van der Waals surface area contributed by atoms with Gasteiger partial charge in [0.05, 0.1) is 5.56 Å². The number of nitrogens with one attached hydrogen (secondary N) is 1. The maximum absolute atomic E-state index is 12.9. The van der Waals surface area contributed by atoms with Crippen LogP contribution < -0.4 is 5.32 Å². The number of carbonyl (C=O) groups is 2. The van der Waals surface area contributed by atoms with Gasteiger partial charge in [0.1, 0.15) is 5.03 Å². The molecule has 0 atom stereocenters. The molecule has 164 valence electrons. The summed E-state index contributed by atoms with van der Waals surface area (Å²) >= 11 is 1.49. The number of aromatic nitrogens is 1. The first-order valence-electron chi connectivity index (χ1n) is 10.9. The van der Waals surface area contributed by atoms with Crippen molar-refractivity contribution in [2.75, 3.05) is 13.1 Å². The largest absolute Gasteiger partial charge is 0.348 e. The van der Waals surface area contributed by atoms with Gasteiger partial charge < -0.3 is 10.2 Å². The fourth-order valence-electron chi connectivity index (χ4n) is 3.73. The molecule has 2 aromatic carbocycles. The van der Waals surface area contributed by atoms with Gasteiger partial charge in [-0.25, -0.2) is 4.98 Å². The number of carbonyl (C=O) groups excluding carboxylic acids is 2. The molecule has 0 aliphatic carbocycles. The quantitative estimate of drug-likeness (QED) is 0.579. The lowest BCUT2D eigenvalue weighted by atomic mass is 10.1. The van der Waals surface area contributed by atoms with E-state index >= 15 is 0 Å². The number of aryl methyl sites for hydroxylation is 2. The summed E-state index contributed by atoms with van der Waals surface area (Å²) in [6.45, 7) is 6.15. The molecule has 1 aliphatic rings. The number of nitrogens with zero attached hydrogens (tertiary/aromatic N) is 2. The Bertz CT molecular complexity index is 1140. The first-order valence-corrected chi connectivity index (χ1v) is 11.7. The molecule has 0 unspecified atom stereocenters. The van der Waals surface area contributed by atoms with Gasteiger partial charge in [0.15, 0.2) is 0 Å². The van der Waals surface area contributed by atoms with Crippen LogP contribution in [0.15, 0.2) is 70.7 Å². The smallest absolute Gasteiger partial charge is 0.254 e. The molecule has 0 spiro atoms. The number of likely N-dealkylation sites (tertiary alicyclic amines) is 1. The predicted octanol–water partition coefficient (Wildman–Crippen LogP) is 5.02. The molecule has 1 N–H and O–H groups in total. The minimum atomic E-state index is -0.180. The highest BCUT2D eigenvalue weighted by atomic mass is 32.2. The van der Waals surface area contributed by atoms with Gasteiger partial charge in [-0.2, -0.15) is 0 Å². The van der Waals surface area contributed by atoms with Gasteiger partial charge in [-0.15, -0.1) is 0 Å². The zero-order valence-corrected chi connectivity index (χ0v) is 19.2. The van der Waals surface area contributed by atoms with E-state index in [0.717, 1.165) is 36.4 Å². The number of hydrogen-bond acceptors (Lipinski definition) is 4. The van der Waals surface area contributed by atoms with Crippen LogP contribution in [-0.2, 0) is 6.54 Å².